The maximum atomic E-state index is 5.92. The zero-order chi connectivity index (χ0) is 12.2. The molecule has 0 aliphatic rings. The molecule has 0 amide bonds. The Morgan fingerprint density at radius 1 is 1.38 bits per heavy atom. The summed E-state index contributed by atoms with van der Waals surface area (Å²) in [5.74, 6) is 0.924. The van der Waals surface area contributed by atoms with Gasteiger partial charge in [-0.3, -0.25) is 0 Å². The van der Waals surface area contributed by atoms with Gasteiger partial charge in [0.2, 0.25) is 0 Å². The Hall–Kier alpha value is -0.960. The topological polar surface area (TPSA) is 51.8 Å². The van der Waals surface area contributed by atoms with E-state index in [1.807, 2.05) is 12.3 Å². The van der Waals surface area contributed by atoms with Crippen LogP contribution in [0.4, 0.5) is 0 Å². The Balaban J connectivity index is 2.71. The minimum Gasteiger partial charge on any atom is -0.327 e. The van der Waals surface area contributed by atoms with Crippen molar-refractivity contribution in [2.75, 3.05) is 0 Å². The van der Waals surface area contributed by atoms with Crippen LogP contribution < -0.4 is 5.73 Å². The van der Waals surface area contributed by atoms with Crippen molar-refractivity contribution in [3.05, 3.63) is 23.8 Å². The standard InChI is InChI=1S/C13H23N3/c1-5-10(14)8-11-6-7-15-12(16-11)9-13(2,3)4/h6-7,10H,5,8-9,14H2,1-4H3. The maximum Gasteiger partial charge on any atom is 0.129 e. The summed E-state index contributed by atoms with van der Waals surface area (Å²) in [5.41, 5.74) is 7.21. The van der Waals surface area contributed by atoms with Gasteiger partial charge in [0.15, 0.2) is 0 Å². The highest BCUT2D eigenvalue weighted by atomic mass is 14.9. The summed E-state index contributed by atoms with van der Waals surface area (Å²) in [7, 11) is 0. The fraction of sp³-hybridized carbons (Fsp3) is 0.692. The molecule has 0 saturated heterocycles. The number of nitrogens with zero attached hydrogens (tertiary/aromatic N) is 2. The number of hydrogen-bond donors (Lipinski definition) is 1. The monoisotopic (exact) mass is 221 g/mol. The van der Waals surface area contributed by atoms with Crippen LogP contribution in [-0.4, -0.2) is 16.0 Å². The van der Waals surface area contributed by atoms with Gasteiger partial charge in [-0.2, -0.15) is 0 Å². The molecule has 0 spiro atoms. The van der Waals surface area contributed by atoms with Gasteiger partial charge in [-0.1, -0.05) is 27.7 Å². The fourth-order valence-corrected chi connectivity index (χ4v) is 1.53. The molecule has 1 atom stereocenters. The third-order valence-electron chi connectivity index (χ3n) is 2.45. The van der Waals surface area contributed by atoms with Crippen LogP contribution in [-0.2, 0) is 12.8 Å². The SMILES string of the molecule is CCC(N)Cc1ccnc(CC(C)(C)C)n1. The molecular weight excluding hydrogens is 198 g/mol. The van der Waals surface area contributed by atoms with Gasteiger partial charge in [-0.25, -0.2) is 9.97 Å². The molecule has 90 valence electrons. The molecule has 2 N–H and O–H groups in total. The fourth-order valence-electron chi connectivity index (χ4n) is 1.53. The van der Waals surface area contributed by atoms with E-state index < -0.39 is 0 Å². The molecule has 1 heterocycles. The summed E-state index contributed by atoms with van der Waals surface area (Å²) >= 11 is 0. The minimum absolute atomic E-state index is 0.206. The van der Waals surface area contributed by atoms with Crippen LogP contribution in [0.2, 0.25) is 0 Å². The molecule has 1 aromatic heterocycles. The molecule has 0 saturated carbocycles. The number of hydrogen-bond acceptors (Lipinski definition) is 3. The van der Waals surface area contributed by atoms with Gasteiger partial charge in [0.05, 0.1) is 0 Å². The third kappa shape index (κ3) is 4.71. The normalized spacial score (nSPS) is 13.8. The third-order valence-corrected chi connectivity index (χ3v) is 2.45. The lowest BCUT2D eigenvalue weighted by Gasteiger charge is -2.17. The molecule has 1 rings (SSSR count). The zero-order valence-electron chi connectivity index (χ0n) is 10.8. The molecule has 0 aromatic carbocycles. The molecule has 16 heavy (non-hydrogen) atoms. The Morgan fingerprint density at radius 2 is 2.06 bits per heavy atom. The lowest BCUT2D eigenvalue weighted by atomic mass is 9.92. The zero-order valence-corrected chi connectivity index (χ0v) is 10.8. The van der Waals surface area contributed by atoms with Crippen LogP contribution in [0.5, 0.6) is 0 Å². The van der Waals surface area contributed by atoms with Gasteiger partial charge in [0.1, 0.15) is 5.82 Å². The number of aromatic nitrogens is 2. The van der Waals surface area contributed by atoms with Gasteiger partial charge < -0.3 is 5.73 Å². The average Bonchev–Trinajstić information content (AvgIpc) is 2.15. The summed E-state index contributed by atoms with van der Waals surface area (Å²) in [6.07, 6.45) is 4.57. The van der Waals surface area contributed by atoms with Crippen LogP contribution in [0.3, 0.4) is 0 Å². The van der Waals surface area contributed by atoms with Crippen molar-refractivity contribution in [1.82, 2.24) is 9.97 Å². The second-order valence-electron chi connectivity index (χ2n) is 5.57. The minimum atomic E-state index is 0.206. The van der Waals surface area contributed by atoms with Gasteiger partial charge >= 0.3 is 0 Å². The molecule has 0 bridgehead atoms. The van der Waals surface area contributed by atoms with E-state index in [2.05, 4.69) is 37.7 Å². The van der Waals surface area contributed by atoms with Gasteiger partial charge in [-0.05, 0) is 17.9 Å². The second kappa shape index (κ2) is 5.39. The van der Waals surface area contributed by atoms with E-state index in [1.165, 1.54) is 0 Å². The molecule has 3 heteroatoms. The molecule has 0 aliphatic heterocycles. The predicted molar refractivity (Wildman–Crippen MR) is 67.2 cm³/mol. The van der Waals surface area contributed by atoms with E-state index in [1.54, 1.807) is 0 Å². The van der Waals surface area contributed by atoms with E-state index in [0.717, 1.165) is 30.8 Å². The van der Waals surface area contributed by atoms with Crippen LogP contribution in [0.15, 0.2) is 12.3 Å². The Morgan fingerprint density at radius 3 is 2.62 bits per heavy atom. The van der Waals surface area contributed by atoms with Crippen molar-refractivity contribution in [3.8, 4) is 0 Å². The van der Waals surface area contributed by atoms with E-state index in [9.17, 15) is 0 Å². The molecule has 1 aromatic rings. The Kier molecular flexibility index (Phi) is 4.42. The van der Waals surface area contributed by atoms with E-state index >= 15 is 0 Å². The first kappa shape index (κ1) is 13.1. The highest BCUT2D eigenvalue weighted by Gasteiger charge is 2.13. The predicted octanol–water partition coefficient (Wildman–Crippen LogP) is 2.35. The Bertz CT molecular complexity index is 328. The van der Waals surface area contributed by atoms with Crippen molar-refractivity contribution < 1.29 is 0 Å². The van der Waals surface area contributed by atoms with Crippen LogP contribution in [0.25, 0.3) is 0 Å². The largest absolute Gasteiger partial charge is 0.327 e. The molecule has 1 unspecified atom stereocenters. The second-order valence-corrected chi connectivity index (χ2v) is 5.57. The molecule has 3 nitrogen and oxygen atoms in total. The Labute approximate surface area is 98.5 Å². The summed E-state index contributed by atoms with van der Waals surface area (Å²) in [6, 6.07) is 2.17. The quantitative estimate of drug-likeness (QED) is 0.849. The first-order valence-corrected chi connectivity index (χ1v) is 5.97. The van der Waals surface area contributed by atoms with Crippen molar-refractivity contribution in [2.24, 2.45) is 11.1 Å². The summed E-state index contributed by atoms with van der Waals surface area (Å²) < 4.78 is 0. The van der Waals surface area contributed by atoms with Crippen molar-refractivity contribution in [3.63, 3.8) is 0 Å². The first-order valence-electron chi connectivity index (χ1n) is 5.97. The van der Waals surface area contributed by atoms with Crippen molar-refractivity contribution in [2.45, 2.75) is 53.0 Å². The average molecular weight is 221 g/mol. The highest BCUT2D eigenvalue weighted by Crippen LogP contribution is 2.18. The van der Waals surface area contributed by atoms with E-state index in [-0.39, 0.29) is 11.5 Å². The lowest BCUT2D eigenvalue weighted by molar-refractivity contribution is 0.399. The van der Waals surface area contributed by atoms with Crippen molar-refractivity contribution >= 4 is 0 Å². The molecule has 0 fully saturated rings. The van der Waals surface area contributed by atoms with Crippen LogP contribution in [0.1, 0.15) is 45.6 Å². The summed E-state index contributed by atoms with van der Waals surface area (Å²) in [4.78, 5) is 8.86. The maximum absolute atomic E-state index is 5.92. The van der Waals surface area contributed by atoms with E-state index in [0.29, 0.717) is 0 Å². The van der Waals surface area contributed by atoms with Crippen LogP contribution in [0, 0.1) is 5.41 Å². The summed E-state index contributed by atoms with van der Waals surface area (Å²) in [6.45, 7) is 8.68. The molecule has 0 aliphatic carbocycles. The van der Waals surface area contributed by atoms with E-state index in [4.69, 9.17) is 5.73 Å². The summed E-state index contributed by atoms with van der Waals surface area (Å²) in [5, 5.41) is 0. The van der Waals surface area contributed by atoms with Crippen LogP contribution >= 0.6 is 0 Å². The van der Waals surface area contributed by atoms with Crippen molar-refractivity contribution in [1.29, 1.82) is 0 Å². The van der Waals surface area contributed by atoms with Gasteiger partial charge in [-0.15, -0.1) is 0 Å². The molecular formula is C13H23N3. The number of rotatable bonds is 4. The molecule has 0 radical (unpaired) electrons. The number of nitrogens with two attached hydrogens (primary N) is 1. The highest BCUT2D eigenvalue weighted by molar-refractivity contribution is 5.05. The smallest absolute Gasteiger partial charge is 0.129 e. The van der Waals surface area contributed by atoms with Gasteiger partial charge in [0, 0.05) is 30.8 Å². The van der Waals surface area contributed by atoms with Gasteiger partial charge in [0.25, 0.3) is 0 Å². The lowest BCUT2D eigenvalue weighted by Crippen LogP contribution is -2.22. The first-order chi connectivity index (χ1) is 7.40.